The molecule has 0 aliphatic heterocycles. The lowest BCUT2D eigenvalue weighted by Gasteiger charge is -2.26. The number of nitrogens with one attached hydrogen (secondary N) is 3. The molecular formula is C17H32N4O7. The van der Waals surface area contributed by atoms with E-state index < -0.39 is 60.1 Å². The van der Waals surface area contributed by atoms with Crippen molar-refractivity contribution in [2.24, 2.45) is 11.7 Å². The fourth-order valence-corrected chi connectivity index (χ4v) is 2.23. The van der Waals surface area contributed by atoms with E-state index in [4.69, 9.17) is 5.73 Å². The predicted molar refractivity (Wildman–Crippen MR) is 99.9 cm³/mol. The van der Waals surface area contributed by atoms with Crippen LogP contribution in [0.15, 0.2) is 0 Å². The van der Waals surface area contributed by atoms with Gasteiger partial charge < -0.3 is 37.0 Å². The van der Waals surface area contributed by atoms with E-state index in [1.165, 1.54) is 20.8 Å². The summed E-state index contributed by atoms with van der Waals surface area (Å²) in [5.74, 6) is -3.66. The molecule has 0 fully saturated rings. The monoisotopic (exact) mass is 404 g/mol. The average molecular weight is 404 g/mol. The fourth-order valence-electron chi connectivity index (χ4n) is 2.23. The Kier molecular flexibility index (Phi) is 10.6. The zero-order chi connectivity index (χ0) is 22.2. The molecule has 6 atom stereocenters. The van der Waals surface area contributed by atoms with Crippen molar-refractivity contribution in [3.63, 3.8) is 0 Å². The first-order chi connectivity index (χ1) is 12.8. The van der Waals surface area contributed by atoms with Crippen LogP contribution >= 0.6 is 0 Å². The Morgan fingerprint density at radius 2 is 1.36 bits per heavy atom. The van der Waals surface area contributed by atoms with Gasteiger partial charge in [-0.2, -0.15) is 0 Å². The van der Waals surface area contributed by atoms with Gasteiger partial charge in [0.1, 0.15) is 24.2 Å². The molecule has 8 N–H and O–H groups in total. The normalized spacial score (nSPS) is 17.6. The second-order valence-corrected chi connectivity index (χ2v) is 7.25. The summed E-state index contributed by atoms with van der Waals surface area (Å²) < 4.78 is 0. The third-order valence-electron chi connectivity index (χ3n) is 3.96. The molecule has 0 spiro atoms. The van der Waals surface area contributed by atoms with E-state index in [9.17, 15) is 34.5 Å². The molecule has 3 amide bonds. The van der Waals surface area contributed by atoms with Gasteiger partial charge in [-0.25, -0.2) is 4.79 Å². The molecule has 0 aliphatic carbocycles. The van der Waals surface area contributed by atoms with Crippen LogP contribution in [0.3, 0.4) is 0 Å². The number of hydrogen-bond acceptors (Lipinski definition) is 7. The Balaban J connectivity index is 5.04. The third kappa shape index (κ3) is 8.63. The van der Waals surface area contributed by atoms with Crippen LogP contribution in [0.4, 0.5) is 0 Å². The van der Waals surface area contributed by atoms with Crippen LogP contribution < -0.4 is 21.7 Å². The first kappa shape index (κ1) is 25.8. The molecule has 0 aromatic carbocycles. The first-order valence-corrected chi connectivity index (χ1v) is 9.03. The number of rotatable bonds is 11. The predicted octanol–water partition coefficient (Wildman–Crippen LogP) is -2.32. The van der Waals surface area contributed by atoms with E-state index in [1.807, 2.05) is 0 Å². The van der Waals surface area contributed by atoms with Gasteiger partial charge in [-0.05, 0) is 33.1 Å². The quantitative estimate of drug-likeness (QED) is 0.199. The number of nitrogens with two attached hydrogens (primary N) is 1. The molecule has 11 nitrogen and oxygen atoms in total. The highest BCUT2D eigenvalue weighted by Crippen LogP contribution is 2.06. The first-order valence-electron chi connectivity index (χ1n) is 9.03. The van der Waals surface area contributed by atoms with Gasteiger partial charge in [0.15, 0.2) is 0 Å². The molecule has 6 unspecified atom stereocenters. The number of hydrogen-bond donors (Lipinski definition) is 7. The molecule has 0 aromatic rings. The molecule has 11 heteroatoms. The largest absolute Gasteiger partial charge is 0.480 e. The Bertz CT molecular complexity index is 566. The lowest BCUT2D eigenvalue weighted by Crippen LogP contribution is -2.59. The summed E-state index contributed by atoms with van der Waals surface area (Å²) in [5, 5.41) is 35.2. The van der Waals surface area contributed by atoms with Crippen molar-refractivity contribution < 1.29 is 34.5 Å². The van der Waals surface area contributed by atoms with Crippen LogP contribution in [0.5, 0.6) is 0 Å². The maximum atomic E-state index is 12.4. The molecule has 0 heterocycles. The maximum absolute atomic E-state index is 12.4. The second-order valence-electron chi connectivity index (χ2n) is 7.25. The minimum absolute atomic E-state index is 0.00523. The van der Waals surface area contributed by atoms with Crippen LogP contribution in [0.1, 0.15) is 41.0 Å². The van der Waals surface area contributed by atoms with Crippen molar-refractivity contribution in [2.45, 2.75) is 77.4 Å². The molecule has 0 radical (unpaired) electrons. The summed E-state index contributed by atoms with van der Waals surface area (Å²) in [4.78, 5) is 47.7. The Morgan fingerprint density at radius 1 is 0.821 bits per heavy atom. The van der Waals surface area contributed by atoms with Crippen molar-refractivity contribution in [1.29, 1.82) is 0 Å². The van der Waals surface area contributed by atoms with Gasteiger partial charge in [0.2, 0.25) is 17.7 Å². The van der Waals surface area contributed by atoms with Crippen molar-refractivity contribution in [3.8, 4) is 0 Å². The number of carbonyl (C=O) groups is 4. The summed E-state index contributed by atoms with van der Waals surface area (Å²) in [5.41, 5.74) is 5.48. The molecule has 0 rings (SSSR count). The SMILES string of the molecule is CC(C)CC(NC(=O)C(NC(=O)C(C)NC(=O)C(N)C(C)O)C(C)O)C(=O)O. The summed E-state index contributed by atoms with van der Waals surface area (Å²) in [6.45, 7) is 7.49. The number of amides is 3. The van der Waals surface area contributed by atoms with E-state index in [2.05, 4.69) is 16.0 Å². The summed E-state index contributed by atoms with van der Waals surface area (Å²) in [7, 11) is 0. The van der Waals surface area contributed by atoms with Crippen LogP contribution in [0.2, 0.25) is 0 Å². The number of carboxylic acid groups (broad SMARTS) is 1. The van der Waals surface area contributed by atoms with E-state index in [0.717, 1.165) is 0 Å². The average Bonchev–Trinajstić information content (AvgIpc) is 2.56. The molecule has 0 aliphatic rings. The standard InChI is InChI=1S/C17H32N4O7/c1-7(2)6-11(17(27)28)20-16(26)13(10(5)23)21-14(24)8(3)19-15(25)12(18)9(4)22/h7-13,22-23H,6,18H2,1-5H3,(H,19,25)(H,20,26)(H,21,24)(H,27,28). The molecule has 0 aromatic heterocycles. The van der Waals surface area contributed by atoms with E-state index in [-0.39, 0.29) is 12.3 Å². The highest BCUT2D eigenvalue weighted by atomic mass is 16.4. The van der Waals surface area contributed by atoms with Crippen molar-refractivity contribution in [1.82, 2.24) is 16.0 Å². The van der Waals surface area contributed by atoms with Gasteiger partial charge in [0.25, 0.3) is 0 Å². The smallest absolute Gasteiger partial charge is 0.326 e. The lowest BCUT2D eigenvalue weighted by atomic mass is 10.0. The topological polar surface area (TPSA) is 191 Å². The second kappa shape index (κ2) is 11.6. The fraction of sp³-hybridized carbons (Fsp3) is 0.765. The highest BCUT2D eigenvalue weighted by molar-refractivity contribution is 5.94. The Labute approximate surface area is 164 Å². The third-order valence-corrected chi connectivity index (χ3v) is 3.96. The number of carboxylic acids is 1. The maximum Gasteiger partial charge on any atom is 0.326 e. The Hall–Kier alpha value is -2.24. The van der Waals surface area contributed by atoms with E-state index >= 15 is 0 Å². The van der Waals surface area contributed by atoms with Crippen LogP contribution in [0.25, 0.3) is 0 Å². The van der Waals surface area contributed by atoms with E-state index in [1.54, 1.807) is 13.8 Å². The van der Waals surface area contributed by atoms with Gasteiger partial charge >= 0.3 is 5.97 Å². The summed E-state index contributed by atoms with van der Waals surface area (Å²) in [6.07, 6.45) is -2.27. The summed E-state index contributed by atoms with van der Waals surface area (Å²) in [6, 6.07) is -4.95. The lowest BCUT2D eigenvalue weighted by molar-refractivity contribution is -0.143. The molecule has 0 saturated heterocycles. The van der Waals surface area contributed by atoms with Gasteiger partial charge in [-0.1, -0.05) is 13.8 Å². The zero-order valence-electron chi connectivity index (χ0n) is 16.8. The van der Waals surface area contributed by atoms with Gasteiger partial charge in [-0.3, -0.25) is 14.4 Å². The number of carbonyl (C=O) groups excluding carboxylic acids is 3. The van der Waals surface area contributed by atoms with Crippen LogP contribution in [-0.4, -0.2) is 75.4 Å². The molecule has 0 bridgehead atoms. The molecular weight excluding hydrogens is 372 g/mol. The highest BCUT2D eigenvalue weighted by Gasteiger charge is 2.32. The van der Waals surface area contributed by atoms with Crippen molar-refractivity contribution in [3.05, 3.63) is 0 Å². The zero-order valence-corrected chi connectivity index (χ0v) is 16.8. The van der Waals surface area contributed by atoms with Gasteiger partial charge in [0, 0.05) is 0 Å². The van der Waals surface area contributed by atoms with E-state index in [0.29, 0.717) is 0 Å². The Morgan fingerprint density at radius 3 is 1.75 bits per heavy atom. The minimum Gasteiger partial charge on any atom is -0.480 e. The van der Waals surface area contributed by atoms with Crippen molar-refractivity contribution in [2.75, 3.05) is 0 Å². The summed E-state index contributed by atoms with van der Waals surface area (Å²) >= 11 is 0. The molecule has 162 valence electrons. The molecule has 28 heavy (non-hydrogen) atoms. The van der Waals surface area contributed by atoms with Gasteiger partial charge in [0.05, 0.1) is 12.2 Å². The van der Waals surface area contributed by atoms with Gasteiger partial charge in [-0.15, -0.1) is 0 Å². The minimum atomic E-state index is -1.42. The molecule has 0 saturated carbocycles. The van der Waals surface area contributed by atoms with Crippen LogP contribution in [-0.2, 0) is 19.2 Å². The number of aliphatic hydroxyl groups is 2. The van der Waals surface area contributed by atoms with Crippen LogP contribution in [0, 0.1) is 5.92 Å². The van der Waals surface area contributed by atoms with Crippen molar-refractivity contribution >= 4 is 23.7 Å². The number of aliphatic carboxylic acids is 1. The number of aliphatic hydroxyl groups excluding tert-OH is 2.